The molecule has 1 heterocycles. The molecule has 2 aliphatic carbocycles. The minimum absolute atomic E-state index is 0.0283. The van der Waals surface area contributed by atoms with E-state index in [0.29, 0.717) is 13.2 Å². The Bertz CT molecular complexity index is 1490. The lowest BCUT2D eigenvalue weighted by atomic mass is 9.92. The van der Waals surface area contributed by atoms with Gasteiger partial charge in [-0.3, -0.25) is 19.2 Å². The van der Waals surface area contributed by atoms with Crippen LogP contribution < -0.4 is 16.1 Å². The topological polar surface area (TPSA) is 133 Å². The number of carbonyl (C=O) groups is 3. The number of nitrogens with zero attached hydrogens (tertiary/aromatic N) is 2. The first-order valence-corrected chi connectivity index (χ1v) is 17.1. The molecule has 0 unspecified atom stereocenters. The monoisotopic (exact) mass is 659 g/mol. The van der Waals surface area contributed by atoms with Crippen molar-refractivity contribution in [3.8, 4) is 0 Å². The smallest absolute Gasteiger partial charge is 0.295 e. The number of aromatic nitrogens is 2. The predicted octanol–water partition coefficient (Wildman–Crippen LogP) is 5.25. The van der Waals surface area contributed by atoms with Gasteiger partial charge in [0, 0.05) is 6.07 Å². The van der Waals surface area contributed by atoms with Crippen LogP contribution in [0.25, 0.3) is 0 Å². The molecule has 48 heavy (non-hydrogen) atoms. The Kier molecular flexibility index (Phi) is 12.4. The van der Waals surface area contributed by atoms with E-state index in [2.05, 4.69) is 21.2 Å². The number of nitrogens with one attached hydrogen (secondary N) is 3. The molecule has 0 bridgehead atoms. The standard InChI is InChI=1S/C37H49N5O6/c1-37(2,3)48-41-35(44)30-22-31(36(45)39-29-19-11-13-21-33(29)47-25-27-16-8-5-9-17-27)42(40-30)23-34(43)38-28-18-10-12-20-32(28)46-24-26-14-6-4-7-15-26/h4-9,14-17,22,28-29,32-33H,10-13,18-21,23-25H2,1-3H3,(H,38,43)(H,39,45)(H,41,44)/t28-,29-,32-,33-/m0/s1. The second kappa shape index (κ2) is 16.9. The van der Waals surface area contributed by atoms with Gasteiger partial charge in [-0.2, -0.15) is 5.10 Å². The number of hydrogen-bond donors (Lipinski definition) is 3. The van der Waals surface area contributed by atoms with Crippen molar-refractivity contribution in [3.63, 3.8) is 0 Å². The molecular weight excluding hydrogens is 610 g/mol. The van der Waals surface area contributed by atoms with Gasteiger partial charge in [-0.05, 0) is 57.6 Å². The van der Waals surface area contributed by atoms with E-state index in [0.717, 1.165) is 62.5 Å². The van der Waals surface area contributed by atoms with Crippen molar-refractivity contribution in [1.82, 2.24) is 25.9 Å². The molecule has 0 radical (unpaired) electrons. The molecule has 1 aromatic heterocycles. The highest BCUT2D eigenvalue weighted by Crippen LogP contribution is 2.24. The fraction of sp³-hybridized carbons (Fsp3) is 0.514. The predicted molar refractivity (Wildman–Crippen MR) is 181 cm³/mol. The van der Waals surface area contributed by atoms with Crippen LogP contribution in [-0.2, 0) is 38.9 Å². The number of hydrogen-bond acceptors (Lipinski definition) is 7. The number of rotatable bonds is 13. The van der Waals surface area contributed by atoms with Gasteiger partial charge in [-0.25, -0.2) is 10.2 Å². The number of amides is 3. The highest BCUT2D eigenvalue weighted by molar-refractivity contribution is 5.98. The van der Waals surface area contributed by atoms with Gasteiger partial charge in [0.15, 0.2) is 5.69 Å². The minimum atomic E-state index is -0.632. The van der Waals surface area contributed by atoms with Crippen molar-refractivity contribution in [3.05, 3.63) is 89.2 Å². The molecule has 2 saturated carbocycles. The van der Waals surface area contributed by atoms with Gasteiger partial charge in [0.25, 0.3) is 11.8 Å². The molecule has 3 amide bonds. The normalized spacial score (nSPS) is 21.3. The van der Waals surface area contributed by atoms with E-state index in [1.165, 1.54) is 10.7 Å². The van der Waals surface area contributed by atoms with Crippen LogP contribution in [0.1, 0.15) is 104 Å². The lowest BCUT2D eigenvalue weighted by Gasteiger charge is -2.32. The van der Waals surface area contributed by atoms with Crippen molar-refractivity contribution in [1.29, 1.82) is 0 Å². The Labute approximate surface area is 283 Å². The summed E-state index contributed by atoms with van der Waals surface area (Å²) >= 11 is 0. The maximum absolute atomic E-state index is 13.8. The zero-order valence-electron chi connectivity index (χ0n) is 28.3. The molecule has 258 valence electrons. The molecule has 3 aromatic rings. The molecule has 0 saturated heterocycles. The van der Waals surface area contributed by atoms with Crippen molar-refractivity contribution in [2.24, 2.45) is 0 Å². The number of ether oxygens (including phenoxy) is 2. The summed E-state index contributed by atoms with van der Waals surface area (Å²) in [5, 5.41) is 10.6. The Morgan fingerprint density at radius 1 is 0.750 bits per heavy atom. The SMILES string of the molecule is CC(C)(C)ONC(=O)c1cc(C(=O)N[C@H]2CCCC[C@@H]2OCc2ccccc2)n(CC(=O)N[C@H]2CCCC[C@@H]2OCc2ccccc2)n1. The van der Waals surface area contributed by atoms with Crippen LogP contribution in [-0.4, -0.2) is 57.4 Å². The lowest BCUT2D eigenvalue weighted by Crippen LogP contribution is -2.48. The zero-order chi connectivity index (χ0) is 33.9. The van der Waals surface area contributed by atoms with E-state index < -0.39 is 17.4 Å². The van der Waals surface area contributed by atoms with Gasteiger partial charge in [-0.1, -0.05) is 86.3 Å². The first-order chi connectivity index (χ1) is 23.1. The van der Waals surface area contributed by atoms with Crippen molar-refractivity contribution in [2.75, 3.05) is 0 Å². The Hall–Kier alpha value is -4.06. The Balaban J connectivity index is 1.27. The summed E-state index contributed by atoms with van der Waals surface area (Å²) in [7, 11) is 0. The van der Waals surface area contributed by atoms with Gasteiger partial charge >= 0.3 is 0 Å². The molecule has 2 fully saturated rings. The van der Waals surface area contributed by atoms with E-state index in [4.69, 9.17) is 14.3 Å². The van der Waals surface area contributed by atoms with Crippen LogP contribution in [0, 0.1) is 0 Å². The third-order valence-corrected chi connectivity index (χ3v) is 8.67. The molecule has 0 aliphatic heterocycles. The fourth-order valence-electron chi connectivity index (χ4n) is 6.19. The van der Waals surface area contributed by atoms with Crippen LogP contribution >= 0.6 is 0 Å². The number of benzene rings is 2. The third-order valence-electron chi connectivity index (χ3n) is 8.67. The van der Waals surface area contributed by atoms with Gasteiger partial charge < -0.3 is 20.1 Å². The van der Waals surface area contributed by atoms with Gasteiger partial charge in [-0.15, -0.1) is 0 Å². The van der Waals surface area contributed by atoms with Gasteiger partial charge in [0.1, 0.15) is 12.2 Å². The third kappa shape index (κ3) is 10.5. The Morgan fingerprint density at radius 3 is 1.81 bits per heavy atom. The average molecular weight is 660 g/mol. The summed E-state index contributed by atoms with van der Waals surface area (Å²) in [6, 6.07) is 20.9. The average Bonchev–Trinajstić information content (AvgIpc) is 3.51. The molecular formula is C37H49N5O6. The highest BCUT2D eigenvalue weighted by atomic mass is 16.7. The number of carbonyl (C=O) groups excluding carboxylic acids is 3. The second-order valence-corrected chi connectivity index (χ2v) is 13.7. The van der Waals surface area contributed by atoms with Crippen molar-refractivity contribution in [2.45, 2.75) is 122 Å². The van der Waals surface area contributed by atoms with Crippen molar-refractivity contribution >= 4 is 17.7 Å². The minimum Gasteiger partial charge on any atom is -0.371 e. The summed E-state index contributed by atoms with van der Waals surface area (Å²) in [4.78, 5) is 45.7. The molecule has 2 aromatic carbocycles. The maximum atomic E-state index is 13.8. The van der Waals surface area contributed by atoms with Crippen LogP contribution in [0.15, 0.2) is 66.7 Å². The van der Waals surface area contributed by atoms with Crippen molar-refractivity contribution < 1.29 is 28.7 Å². The Morgan fingerprint density at radius 2 is 1.27 bits per heavy atom. The first kappa shape index (κ1) is 35.3. The molecule has 11 nitrogen and oxygen atoms in total. The lowest BCUT2D eigenvalue weighted by molar-refractivity contribution is -0.124. The summed E-state index contributed by atoms with van der Waals surface area (Å²) in [5.41, 5.74) is 4.00. The van der Waals surface area contributed by atoms with Crippen LogP contribution in [0.2, 0.25) is 0 Å². The summed E-state index contributed by atoms with van der Waals surface area (Å²) in [6.45, 7) is 6.09. The van der Waals surface area contributed by atoms with E-state index in [1.54, 1.807) is 20.8 Å². The highest BCUT2D eigenvalue weighted by Gasteiger charge is 2.31. The van der Waals surface area contributed by atoms with Crippen LogP contribution in [0.3, 0.4) is 0 Å². The molecule has 4 atom stereocenters. The fourth-order valence-corrected chi connectivity index (χ4v) is 6.19. The molecule has 5 rings (SSSR count). The summed E-state index contributed by atoms with van der Waals surface area (Å²) in [6.07, 6.45) is 6.93. The van der Waals surface area contributed by atoms with E-state index in [9.17, 15) is 14.4 Å². The quantitative estimate of drug-likeness (QED) is 0.214. The number of hydroxylamine groups is 1. The molecule has 2 aliphatic rings. The maximum Gasteiger partial charge on any atom is 0.295 e. The first-order valence-electron chi connectivity index (χ1n) is 17.1. The second-order valence-electron chi connectivity index (χ2n) is 13.7. The van der Waals surface area contributed by atoms with E-state index in [1.807, 2.05) is 60.7 Å². The van der Waals surface area contributed by atoms with Gasteiger partial charge in [0.2, 0.25) is 5.91 Å². The summed E-state index contributed by atoms with van der Waals surface area (Å²) in [5.74, 6) is -1.35. The summed E-state index contributed by atoms with van der Waals surface area (Å²) < 4.78 is 13.8. The van der Waals surface area contributed by atoms with E-state index in [-0.39, 0.29) is 48.1 Å². The molecule has 11 heteroatoms. The molecule has 3 N–H and O–H groups in total. The zero-order valence-corrected chi connectivity index (χ0v) is 28.3. The largest absolute Gasteiger partial charge is 0.371 e. The van der Waals surface area contributed by atoms with Gasteiger partial charge in [0.05, 0.1) is 43.1 Å². The van der Waals surface area contributed by atoms with Crippen LogP contribution in [0.5, 0.6) is 0 Å². The van der Waals surface area contributed by atoms with Crippen LogP contribution in [0.4, 0.5) is 0 Å². The van der Waals surface area contributed by atoms with E-state index >= 15 is 0 Å². The molecule has 0 spiro atoms.